The monoisotopic (exact) mass is 356 g/mol. The van der Waals surface area contributed by atoms with Gasteiger partial charge in [0.05, 0.1) is 7.85 Å². The molecule has 1 heterocycles. The second-order valence-electron chi connectivity index (χ2n) is 8.12. The van der Waals surface area contributed by atoms with E-state index in [0.717, 1.165) is 19.4 Å². The van der Waals surface area contributed by atoms with Gasteiger partial charge in [0.1, 0.15) is 0 Å². The number of hydrogen-bond donors (Lipinski definition) is 0. The minimum Gasteiger partial charge on any atom is -0.414 e. The second kappa shape index (κ2) is 8.65. The number of hydrogen-bond acceptors (Lipinski definition) is 3. The summed E-state index contributed by atoms with van der Waals surface area (Å²) < 4.78 is 20.4. The highest BCUT2D eigenvalue weighted by atomic mass is 28.5. The summed E-state index contributed by atoms with van der Waals surface area (Å²) in [6.45, 7) is 18.8. The summed E-state index contributed by atoms with van der Waals surface area (Å²) in [5, 5.41) is 0. The van der Waals surface area contributed by atoms with E-state index in [-0.39, 0.29) is 6.10 Å². The van der Waals surface area contributed by atoms with Crippen molar-refractivity contribution in [2.75, 3.05) is 6.61 Å². The zero-order valence-corrected chi connectivity index (χ0v) is 18.5. The summed E-state index contributed by atoms with van der Waals surface area (Å²) in [7, 11) is 1.07. The Morgan fingerprint density at radius 1 is 0.870 bits per heavy atom. The minimum atomic E-state index is -2.40. The molecule has 1 fully saturated rings. The molecule has 1 rings (SSSR count). The molecule has 3 nitrogen and oxygen atoms in total. The maximum atomic E-state index is 7.08. The minimum absolute atomic E-state index is 0.169. The van der Waals surface area contributed by atoms with Crippen LogP contribution in [-0.2, 0) is 13.0 Å². The summed E-state index contributed by atoms with van der Waals surface area (Å²) in [4.78, 5) is 0. The van der Waals surface area contributed by atoms with Crippen LogP contribution in [0.1, 0.15) is 68.2 Å². The van der Waals surface area contributed by atoms with Crippen molar-refractivity contribution in [2.45, 2.75) is 103 Å². The van der Waals surface area contributed by atoms with E-state index < -0.39 is 17.1 Å². The van der Waals surface area contributed by atoms with E-state index in [0.29, 0.717) is 28.5 Å². The van der Waals surface area contributed by atoms with Crippen molar-refractivity contribution < 1.29 is 13.0 Å². The van der Waals surface area contributed by atoms with Crippen molar-refractivity contribution in [3.05, 3.63) is 0 Å². The lowest BCUT2D eigenvalue weighted by Gasteiger charge is -2.51. The van der Waals surface area contributed by atoms with Crippen LogP contribution in [-0.4, -0.2) is 37.7 Å². The highest BCUT2D eigenvalue weighted by molar-refractivity contribution is 6.83. The molecule has 6 heteroatoms. The van der Waals surface area contributed by atoms with Gasteiger partial charge < -0.3 is 13.0 Å². The SMILES string of the molecule is [B]CC[C@@H]1CCO[Si](C(C)C)(C(C)C)O[Si](C(C)C)(C(C)C)O1. The fourth-order valence-corrected chi connectivity index (χ4v) is 15.0. The van der Waals surface area contributed by atoms with Crippen LogP contribution in [0.3, 0.4) is 0 Å². The Bertz CT molecular complexity index is 346. The lowest BCUT2D eigenvalue weighted by Crippen LogP contribution is -2.63. The van der Waals surface area contributed by atoms with Gasteiger partial charge >= 0.3 is 17.1 Å². The Hall–Kier alpha value is 0.379. The second-order valence-corrected chi connectivity index (χ2v) is 17.0. The summed E-state index contributed by atoms with van der Waals surface area (Å²) in [5.74, 6) is 0. The van der Waals surface area contributed by atoms with Gasteiger partial charge in [-0.15, -0.1) is 0 Å². The topological polar surface area (TPSA) is 27.7 Å². The fourth-order valence-electron chi connectivity index (χ4n) is 3.77. The van der Waals surface area contributed by atoms with Crippen LogP contribution < -0.4 is 0 Å². The van der Waals surface area contributed by atoms with Gasteiger partial charge in [-0.05, 0) is 35.0 Å². The van der Waals surface area contributed by atoms with E-state index in [1.54, 1.807) is 0 Å². The maximum Gasteiger partial charge on any atom is 0.334 e. The molecule has 1 saturated heterocycles. The third-order valence-electron chi connectivity index (χ3n) is 5.14. The predicted octanol–water partition coefficient (Wildman–Crippen LogP) is 5.31. The Balaban J connectivity index is 3.30. The van der Waals surface area contributed by atoms with Crippen molar-refractivity contribution in [1.29, 1.82) is 0 Å². The van der Waals surface area contributed by atoms with Gasteiger partial charge in [0.2, 0.25) is 0 Å². The predicted molar refractivity (Wildman–Crippen MR) is 104 cm³/mol. The van der Waals surface area contributed by atoms with Crippen molar-refractivity contribution in [1.82, 2.24) is 0 Å². The van der Waals surface area contributed by atoms with Crippen molar-refractivity contribution in [2.24, 2.45) is 0 Å². The molecule has 0 aromatic rings. The third-order valence-corrected chi connectivity index (χ3v) is 15.5. The van der Waals surface area contributed by atoms with Gasteiger partial charge in [0.25, 0.3) is 0 Å². The molecule has 0 amide bonds. The summed E-state index contributed by atoms with van der Waals surface area (Å²) >= 11 is 0. The maximum absolute atomic E-state index is 7.08. The Morgan fingerprint density at radius 3 is 1.74 bits per heavy atom. The van der Waals surface area contributed by atoms with Gasteiger partial charge in [-0.25, -0.2) is 0 Å². The van der Waals surface area contributed by atoms with Crippen LogP contribution in [0.4, 0.5) is 0 Å². The van der Waals surface area contributed by atoms with Crippen LogP contribution in [0, 0.1) is 0 Å². The first-order valence-electron chi connectivity index (χ1n) is 9.34. The Kier molecular flexibility index (Phi) is 8.06. The normalized spacial score (nSPS) is 25.1. The first kappa shape index (κ1) is 21.4. The molecule has 0 aromatic carbocycles. The van der Waals surface area contributed by atoms with Gasteiger partial charge in [0, 0.05) is 12.7 Å². The summed E-state index contributed by atoms with van der Waals surface area (Å²) in [6.07, 6.45) is 2.65. The quantitative estimate of drug-likeness (QED) is 0.604. The molecule has 0 saturated carbocycles. The van der Waals surface area contributed by atoms with Crippen molar-refractivity contribution >= 4 is 25.0 Å². The Morgan fingerprint density at radius 2 is 1.35 bits per heavy atom. The largest absolute Gasteiger partial charge is 0.414 e. The molecule has 0 aliphatic carbocycles. The lowest BCUT2D eigenvalue weighted by atomic mass is 9.98. The molecular weight excluding hydrogens is 319 g/mol. The van der Waals surface area contributed by atoms with Crippen molar-refractivity contribution in [3.63, 3.8) is 0 Å². The smallest absolute Gasteiger partial charge is 0.334 e. The first-order chi connectivity index (χ1) is 10.6. The van der Waals surface area contributed by atoms with Crippen LogP contribution in [0.25, 0.3) is 0 Å². The molecule has 0 spiro atoms. The molecule has 0 N–H and O–H groups in total. The molecular formula is C17H37BO3Si2. The average molecular weight is 356 g/mol. The van der Waals surface area contributed by atoms with Crippen LogP contribution >= 0.6 is 0 Å². The summed E-state index contributed by atoms with van der Waals surface area (Å²) in [5.41, 5.74) is 1.63. The van der Waals surface area contributed by atoms with E-state index >= 15 is 0 Å². The van der Waals surface area contributed by atoms with Crippen LogP contribution in [0.15, 0.2) is 0 Å². The molecule has 2 radical (unpaired) electrons. The summed E-state index contributed by atoms with van der Waals surface area (Å²) in [6, 6.07) is 0. The van der Waals surface area contributed by atoms with E-state index in [9.17, 15) is 0 Å². The zero-order valence-electron chi connectivity index (χ0n) is 16.5. The van der Waals surface area contributed by atoms with E-state index in [1.807, 2.05) is 0 Å². The van der Waals surface area contributed by atoms with Gasteiger partial charge in [-0.3, -0.25) is 0 Å². The van der Waals surface area contributed by atoms with E-state index in [2.05, 4.69) is 55.4 Å². The molecule has 1 aliphatic rings. The zero-order chi connectivity index (χ0) is 17.8. The highest BCUT2D eigenvalue weighted by Crippen LogP contribution is 2.46. The van der Waals surface area contributed by atoms with Crippen LogP contribution in [0.5, 0.6) is 0 Å². The standard InChI is InChI=1S/C17H37BO3Si2/c1-13(2)22(14(3)4)19-12-10-17(9-11-18)20-23(21-22,15(5)6)16(7)8/h13-17H,9-12H2,1-8H3/t17-/m1/s1. The van der Waals surface area contributed by atoms with E-state index in [1.165, 1.54) is 0 Å². The number of rotatable bonds is 6. The molecule has 0 aromatic heterocycles. The lowest BCUT2D eigenvalue weighted by molar-refractivity contribution is 0.0644. The first-order valence-corrected chi connectivity index (χ1v) is 13.3. The fraction of sp³-hybridized carbons (Fsp3) is 1.00. The Labute approximate surface area is 147 Å². The van der Waals surface area contributed by atoms with Crippen LogP contribution in [0.2, 0.25) is 28.5 Å². The molecule has 23 heavy (non-hydrogen) atoms. The average Bonchev–Trinajstić information content (AvgIpc) is 2.40. The van der Waals surface area contributed by atoms with Gasteiger partial charge in [-0.2, -0.15) is 0 Å². The van der Waals surface area contributed by atoms with Gasteiger partial charge in [-0.1, -0.05) is 61.7 Å². The third kappa shape index (κ3) is 4.51. The van der Waals surface area contributed by atoms with E-state index in [4.69, 9.17) is 20.8 Å². The van der Waals surface area contributed by atoms with Crippen molar-refractivity contribution in [3.8, 4) is 0 Å². The molecule has 134 valence electrons. The molecule has 1 atom stereocenters. The molecule has 1 aliphatic heterocycles. The molecule has 0 bridgehead atoms. The van der Waals surface area contributed by atoms with Gasteiger partial charge in [0.15, 0.2) is 0 Å². The highest BCUT2D eigenvalue weighted by Gasteiger charge is 2.57. The molecule has 0 unspecified atom stereocenters.